The van der Waals surface area contributed by atoms with Crippen molar-refractivity contribution >= 4 is 17.3 Å². The van der Waals surface area contributed by atoms with E-state index in [9.17, 15) is 8.78 Å². The van der Waals surface area contributed by atoms with Crippen LogP contribution in [-0.2, 0) is 0 Å². The maximum atomic E-state index is 13.2. The number of nitrogen functional groups attached to an aromatic ring is 1. The standard InChI is InChI=1S/C11H7ClF2N2/c12-9-3-11(15)10(14)2-8(9)6-1-7(13)5-16-4-6/h1-5H,15H2. The summed E-state index contributed by atoms with van der Waals surface area (Å²) >= 11 is 5.89. The summed E-state index contributed by atoms with van der Waals surface area (Å²) in [7, 11) is 0. The van der Waals surface area contributed by atoms with E-state index in [2.05, 4.69) is 4.98 Å². The molecule has 82 valence electrons. The van der Waals surface area contributed by atoms with Crippen molar-refractivity contribution in [3.05, 3.63) is 47.2 Å². The normalized spacial score (nSPS) is 10.4. The summed E-state index contributed by atoms with van der Waals surface area (Å²) in [6.45, 7) is 0. The SMILES string of the molecule is Nc1cc(Cl)c(-c2cncc(F)c2)cc1F. The van der Waals surface area contributed by atoms with E-state index in [-0.39, 0.29) is 10.7 Å². The first-order chi connectivity index (χ1) is 7.58. The highest BCUT2D eigenvalue weighted by Gasteiger charge is 2.09. The molecule has 0 aliphatic carbocycles. The van der Waals surface area contributed by atoms with Gasteiger partial charge in [0.1, 0.15) is 11.6 Å². The van der Waals surface area contributed by atoms with Crippen LogP contribution in [0.2, 0.25) is 5.02 Å². The first-order valence-electron chi connectivity index (χ1n) is 4.43. The second-order valence-electron chi connectivity index (χ2n) is 3.25. The average molecular weight is 241 g/mol. The number of hydrogen-bond donors (Lipinski definition) is 1. The Balaban J connectivity index is 2.60. The minimum absolute atomic E-state index is 0.0434. The Morgan fingerprint density at radius 1 is 1.12 bits per heavy atom. The van der Waals surface area contributed by atoms with Crippen LogP contribution in [0.5, 0.6) is 0 Å². The molecule has 5 heteroatoms. The predicted molar refractivity (Wildman–Crippen MR) is 59.0 cm³/mol. The van der Waals surface area contributed by atoms with Crippen molar-refractivity contribution in [2.24, 2.45) is 0 Å². The van der Waals surface area contributed by atoms with E-state index < -0.39 is 11.6 Å². The zero-order valence-electron chi connectivity index (χ0n) is 8.05. The van der Waals surface area contributed by atoms with Gasteiger partial charge in [0.15, 0.2) is 0 Å². The molecular weight excluding hydrogens is 234 g/mol. The van der Waals surface area contributed by atoms with Crippen LogP contribution in [0.3, 0.4) is 0 Å². The maximum absolute atomic E-state index is 13.2. The third-order valence-electron chi connectivity index (χ3n) is 2.10. The highest BCUT2D eigenvalue weighted by molar-refractivity contribution is 6.33. The highest BCUT2D eigenvalue weighted by Crippen LogP contribution is 2.31. The Bertz CT molecular complexity index is 544. The molecule has 0 amide bonds. The topological polar surface area (TPSA) is 38.9 Å². The van der Waals surface area contributed by atoms with E-state index >= 15 is 0 Å². The molecule has 0 spiro atoms. The van der Waals surface area contributed by atoms with E-state index in [0.717, 1.165) is 12.3 Å². The second kappa shape index (κ2) is 4.06. The number of rotatable bonds is 1. The number of nitrogens with two attached hydrogens (primary N) is 1. The number of hydrogen-bond acceptors (Lipinski definition) is 2. The monoisotopic (exact) mass is 240 g/mol. The van der Waals surface area contributed by atoms with Crippen molar-refractivity contribution in [1.82, 2.24) is 4.98 Å². The lowest BCUT2D eigenvalue weighted by atomic mass is 10.1. The number of aromatic nitrogens is 1. The van der Waals surface area contributed by atoms with Crippen molar-refractivity contribution in [3.63, 3.8) is 0 Å². The summed E-state index contributed by atoms with van der Waals surface area (Å²) in [6, 6.07) is 3.68. The van der Waals surface area contributed by atoms with E-state index in [1.54, 1.807) is 0 Å². The third kappa shape index (κ3) is 1.97. The Morgan fingerprint density at radius 3 is 2.56 bits per heavy atom. The lowest BCUT2D eigenvalue weighted by Crippen LogP contribution is -1.92. The number of halogens is 3. The molecule has 0 saturated carbocycles. The van der Waals surface area contributed by atoms with Gasteiger partial charge in [-0.25, -0.2) is 8.78 Å². The summed E-state index contributed by atoms with van der Waals surface area (Å²) in [5.41, 5.74) is 6.07. The first-order valence-corrected chi connectivity index (χ1v) is 4.81. The molecule has 0 bridgehead atoms. The van der Waals surface area contributed by atoms with Gasteiger partial charge in [0.05, 0.1) is 16.9 Å². The summed E-state index contributed by atoms with van der Waals surface area (Å²) in [5, 5.41) is 0.256. The van der Waals surface area contributed by atoms with Gasteiger partial charge in [0, 0.05) is 17.3 Å². The van der Waals surface area contributed by atoms with Crippen molar-refractivity contribution in [3.8, 4) is 11.1 Å². The molecule has 2 aromatic rings. The lowest BCUT2D eigenvalue weighted by Gasteiger charge is -2.06. The predicted octanol–water partition coefficient (Wildman–Crippen LogP) is 3.26. The van der Waals surface area contributed by atoms with E-state index in [0.29, 0.717) is 11.1 Å². The summed E-state index contributed by atoms with van der Waals surface area (Å²) in [5.74, 6) is -1.10. The van der Waals surface area contributed by atoms with Gasteiger partial charge in [-0.15, -0.1) is 0 Å². The number of nitrogens with zero attached hydrogens (tertiary/aromatic N) is 1. The maximum Gasteiger partial charge on any atom is 0.146 e. The van der Waals surface area contributed by atoms with E-state index in [1.165, 1.54) is 18.3 Å². The Hall–Kier alpha value is -1.68. The molecule has 1 aromatic carbocycles. The van der Waals surface area contributed by atoms with Gasteiger partial charge in [-0.2, -0.15) is 0 Å². The Kier molecular flexibility index (Phi) is 2.75. The van der Waals surface area contributed by atoms with Crippen LogP contribution < -0.4 is 5.73 Å². The summed E-state index contributed by atoms with van der Waals surface area (Å²) in [4.78, 5) is 3.67. The zero-order valence-corrected chi connectivity index (χ0v) is 8.80. The van der Waals surface area contributed by atoms with Gasteiger partial charge in [0.25, 0.3) is 0 Å². The van der Waals surface area contributed by atoms with Gasteiger partial charge >= 0.3 is 0 Å². The van der Waals surface area contributed by atoms with Gasteiger partial charge in [-0.05, 0) is 18.2 Å². The molecule has 0 radical (unpaired) electrons. The van der Waals surface area contributed by atoms with Crippen molar-refractivity contribution < 1.29 is 8.78 Å². The fourth-order valence-corrected chi connectivity index (χ4v) is 1.62. The molecule has 0 unspecified atom stereocenters. The molecule has 1 heterocycles. The molecule has 2 N–H and O–H groups in total. The van der Waals surface area contributed by atoms with Crippen LogP contribution in [-0.4, -0.2) is 4.98 Å². The quantitative estimate of drug-likeness (QED) is 0.777. The van der Waals surface area contributed by atoms with Crippen LogP contribution in [0, 0.1) is 11.6 Å². The van der Waals surface area contributed by atoms with Gasteiger partial charge < -0.3 is 5.73 Å². The molecule has 0 saturated heterocycles. The zero-order chi connectivity index (χ0) is 11.7. The molecule has 2 nitrogen and oxygen atoms in total. The van der Waals surface area contributed by atoms with Crippen LogP contribution in [0.25, 0.3) is 11.1 Å². The number of anilines is 1. The van der Waals surface area contributed by atoms with Crippen molar-refractivity contribution in [1.29, 1.82) is 0 Å². The first kappa shape index (κ1) is 10.8. The number of benzene rings is 1. The second-order valence-corrected chi connectivity index (χ2v) is 3.65. The minimum Gasteiger partial charge on any atom is -0.396 e. The minimum atomic E-state index is -0.594. The van der Waals surface area contributed by atoms with Crippen molar-refractivity contribution in [2.45, 2.75) is 0 Å². The fourth-order valence-electron chi connectivity index (χ4n) is 1.34. The molecule has 0 aliphatic heterocycles. The van der Waals surface area contributed by atoms with E-state index in [1.807, 2.05) is 0 Å². The third-order valence-corrected chi connectivity index (χ3v) is 2.41. The molecular formula is C11H7ClF2N2. The molecule has 16 heavy (non-hydrogen) atoms. The molecule has 2 rings (SSSR count). The van der Waals surface area contributed by atoms with Crippen LogP contribution in [0.1, 0.15) is 0 Å². The smallest absolute Gasteiger partial charge is 0.146 e. The molecule has 0 fully saturated rings. The molecule has 1 aromatic heterocycles. The lowest BCUT2D eigenvalue weighted by molar-refractivity contribution is 0.621. The van der Waals surface area contributed by atoms with Gasteiger partial charge in [-0.1, -0.05) is 11.6 Å². The largest absolute Gasteiger partial charge is 0.396 e. The molecule has 0 aliphatic rings. The highest BCUT2D eigenvalue weighted by atomic mass is 35.5. The van der Waals surface area contributed by atoms with E-state index in [4.69, 9.17) is 17.3 Å². The van der Waals surface area contributed by atoms with Crippen molar-refractivity contribution in [2.75, 3.05) is 5.73 Å². The average Bonchev–Trinajstić information content (AvgIpc) is 2.23. The Morgan fingerprint density at radius 2 is 1.88 bits per heavy atom. The summed E-state index contributed by atoms with van der Waals surface area (Å²) in [6.07, 6.45) is 2.46. The summed E-state index contributed by atoms with van der Waals surface area (Å²) < 4.78 is 26.2. The number of pyridine rings is 1. The van der Waals surface area contributed by atoms with Gasteiger partial charge in [-0.3, -0.25) is 4.98 Å². The fraction of sp³-hybridized carbons (Fsp3) is 0. The Labute approximate surface area is 95.7 Å². The molecule has 0 atom stereocenters. The van der Waals surface area contributed by atoms with Crippen LogP contribution in [0.15, 0.2) is 30.6 Å². The van der Waals surface area contributed by atoms with Gasteiger partial charge in [0.2, 0.25) is 0 Å². The van der Waals surface area contributed by atoms with Crippen LogP contribution >= 0.6 is 11.6 Å². The van der Waals surface area contributed by atoms with Crippen LogP contribution in [0.4, 0.5) is 14.5 Å².